The predicted molar refractivity (Wildman–Crippen MR) is 88.3 cm³/mol. The van der Waals surface area contributed by atoms with Crippen LogP contribution < -0.4 is 4.48 Å². The highest BCUT2D eigenvalue weighted by molar-refractivity contribution is 5.65. The minimum atomic E-state index is -4.45. The van der Waals surface area contributed by atoms with Crippen molar-refractivity contribution < 1.29 is 23.1 Å². The fraction of sp³-hybridized carbons (Fsp3) is 0.353. The number of alkyl halides is 3. The van der Waals surface area contributed by atoms with E-state index in [1.54, 1.807) is 12.3 Å². The molecule has 1 amide bonds. The lowest BCUT2D eigenvalue weighted by Gasteiger charge is -2.42. The Hall–Kier alpha value is -2.68. The number of carboxylic acid groups (broad SMARTS) is 1. The maximum atomic E-state index is 12.8. The van der Waals surface area contributed by atoms with Crippen molar-refractivity contribution in [2.24, 2.45) is 0 Å². The number of carbonyl (C=O) groups is 1. The summed E-state index contributed by atoms with van der Waals surface area (Å²) >= 11 is 0. The Kier molecular flexibility index (Phi) is 4.82. The smallest absolute Gasteiger partial charge is 0.417 e. The zero-order valence-corrected chi connectivity index (χ0v) is 13.9. The van der Waals surface area contributed by atoms with Gasteiger partial charge in [-0.05, 0) is 18.2 Å². The molecule has 1 N–H and O–H groups in total. The molecule has 0 atom stereocenters. The average Bonchev–Trinajstić information content (AvgIpc) is 2.62. The van der Waals surface area contributed by atoms with Gasteiger partial charge in [-0.1, -0.05) is 6.07 Å². The highest BCUT2D eigenvalue weighted by Crippen LogP contribution is 2.32. The lowest BCUT2D eigenvalue weighted by molar-refractivity contribution is -0.137. The van der Waals surface area contributed by atoms with Crippen LogP contribution in [0.15, 0.2) is 42.7 Å². The second-order valence-corrected chi connectivity index (χ2v) is 6.24. The molecule has 0 bridgehead atoms. The molecule has 138 valence electrons. The third-order valence-corrected chi connectivity index (χ3v) is 4.62. The van der Waals surface area contributed by atoms with Crippen molar-refractivity contribution in [2.75, 3.05) is 26.2 Å². The molecule has 9 heteroatoms. The number of quaternary nitrogens is 1. The quantitative estimate of drug-likeness (QED) is 0.847. The lowest BCUT2D eigenvalue weighted by Crippen LogP contribution is -2.61. The fourth-order valence-corrected chi connectivity index (χ4v) is 3.14. The lowest BCUT2D eigenvalue weighted by atomic mass is 10.1. The molecule has 3 rings (SSSR count). The summed E-state index contributed by atoms with van der Waals surface area (Å²) in [4.78, 5) is 20.9. The van der Waals surface area contributed by atoms with E-state index in [4.69, 9.17) is 5.11 Å². The van der Waals surface area contributed by atoms with Gasteiger partial charge in [-0.15, -0.1) is 0 Å². The van der Waals surface area contributed by atoms with E-state index in [2.05, 4.69) is 9.97 Å². The summed E-state index contributed by atoms with van der Waals surface area (Å²) in [5.74, 6) is 0.480. The molecule has 26 heavy (non-hydrogen) atoms. The molecule has 2 aromatic rings. The summed E-state index contributed by atoms with van der Waals surface area (Å²) in [6.45, 7) is 1.84. The van der Waals surface area contributed by atoms with E-state index in [9.17, 15) is 18.0 Å². The SMILES string of the molecule is O=C(O)N1CC[N+](Cc2ccccn2)(c2ccc(C(F)(F)F)cn2)CC1. The third kappa shape index (κ3) is 3.77. The molecule has 0 unspecified atom stereocenters. The first-order chi connectivity index (χ1) is 12.3. The van der Waals surface area contributed by atoms with E-state index in [-0.39, 0.29) is 17.6 Å². The number of hydrogen-bond acceptors (Lipinski definition) is 3. The number of rotatable bonds is 3. The number of piperazine rings is 1. The largest absolute Gasteiger partial charge is 0.465 e. The minimum Gasteiger partial charge on any atom is -0.465 e. The van der Waals surface area contributed by atoms with Gasteiger partial charge in [0.05, 0.1) is 24.3 Å². The molecule has 0 radical (unpaired) electrons. The van der Waals surface area contributed by atoms with Crippen LogP contribution in [-0.2, 0) is 12.7 Å². The molecule has 1 aliphatic rings. The van der Waals surface area contributed by atoms with Crippen LogP contribution in [0.2, 0.25) is 0 Å². The predicted octanol–water partition coefficient (Wildman–Crippen LogP) is 3.00. The van der Waals surface area contributed by atoms with E-state index in [1.807, 2.05) is 12.1 Å². The topological polar surface area (TPSA) is 66.3 Å². The molecule has 2 aromatic heterocycles. The molecule has 0 aliphatic carbocycles. The Balaban J connectivity index is 1.92. The van der Waals surface area contributed by atoms with Gasteiger partial charge in [-0.2, -0.15) is 13.2 Å². The first kappa shape index (κ1) is 18.1. The van der Waals surface area contributed by atoms with Crippen molar-refractivity contribution in [3.05, 3.63) is 54.0 Å². The van der Waals surface area contributed by atoms with E-state index >= 15 is 0 Å². The highest BCUT2D eigenvalue weighted by atomic mass is 19.4. The Bertz CT molecular complexity index is 758. The fourth-order valence-electron chi connectivity index (χ4n) is 3.14. The third-order valence-electron chi connectivity index (χ3n) is 4.62. The maximum absolute atomic E-state index is 12.8. The van der Waals surface area contributed by atoms with Crippen molar-refractivity contribution in [1.29, 1.82) is 0 Å². The minimum absolute atomic E-state index is 0.263. The molecule has 0 spiro atoms. The molecule has 0 saturated carbocycles. The summed E-state index contributed by atoms with van der Waals surface area (Å²) in [6.07, 6.45) is -2.96. The number of nitrogens with zero attached hydrogens (tertiary/aromatic N) is 4. The number of aromatic nitrogens is 2. The van der Waals surface area contributed by atoms with E-state index in [0.29, 0.717) is 25.5 Å². The van der Waals surface area contributed by atoms with Crippen molar-refractivity contribution in [3.8, 4) is 0 Å². The second-order valence-electron chi connectivity index (χ2n) is 6.24. The van der Waals surface area contributed by atoms with E-state index in [0.717, 1.165) is 18.0 Å². The summed E-state index contributed by atoms with van der Waals surface area (Å²) in [7, 11) is 0. The number of hydrogen-bond donors (Lipinski definition) is 1. The molecule has 0 aromatic carbocycles. The van der Waals surface area contributed by atoms with Gasteiger partial charge in [-0.3, -0.25) is 14.4 Å². The zero-order chi connectivity index (χ0) is 18.8. The standard InChI is InChI=1S/C17H17F3N4O2/c18-17(19,20)13-4-5-15(22-11-13)24(12-14-3-1-2-6-21-14)9-7-23(8-10-24)16(25)26/h1-6,11H,7-10,12H2/p+1. The molecular formula is C17H18F3N4O2+. The Morgan fingerprint density at radius 3 is 2.38 bits per heavy atom. The Morgan fingerprint density at radius 1 is 1.15 bits per heavy atom. The van der Waals surface area contributed by atoms with Gasteiger partial charge >= 0.3 is 12.3 Å². The maximum Gasteiger partial charge on any atom is 0.417 e. The van der Waals surface area contributed by atoms with Crippen LogP contribution >= 0.6 is 0 Å². The van der Waals surface area contributed by atoms with Gasteiger partial charge in [0, 0.05) is 18.5 Å². The van der Waals surface area contributed by atoms with Gasteiger partial charge in [0.25, 0.3) is 0 Å². The number of halogens is 3. The first-order valence-corrected chi connectivity index (χ1v) is 8.08. The van der Waals surface area contributed by atoms with Crippen LogP contribution in [0, 0.1) is 0 Å². The average molecular weight is 367 g/mol. The van der Waals surface area contributed by atoms with Crippen molar-refractivity contribution in [2.45, 2.75) is 12.7 Å². The summed E-state index contributed by atoms with van der Waals surface area (Å²) < 4.78 is 38.7. The molecule has 6 nitrogen and oxygen atoms in total. The summed E-state index contributed by atoms with van der Waals surface area (Å²) in [6, 6.07) is 7.86. The molecule has 1 aliphatic heterocycles. The van der Waals surface area contributed by atoms with Crippen LogP contribution in [0.3, 0.4) is 0 Å². The number of amides is 1. The van der Waals surface area contributed by atoms with Crippen LogP contribution in [0.1, 0.15) is 11.3 Å². The van der Waals surface area contributed by atoms with Crippen LogP contribution in [0.4, 0.5) is 23.8 Å². The van der Waals surface area contributed by atoms with Crippen LogP contribution in [0.25, 0.3) is 0 Å². The monoisotopic (exact) mass is 367 g/mol. The van der Waals surface area contributed by atoms with Crippen molar-refractivity contribution in [3.63, 3.8) is 0 Å². The highest BCUT2D eigenvalue weighted by Gasteiger charge is 2.39. The number of pyridine rings is 2. The van der Waals surface area contributed by atoms with E-state index in [1.165, 1.54) is 11.0 Å². The van der Waals surface area contributed by atoms with Gasteiger partial charge in [0.15, 0.2) is 0 Å². The normalized spacial score (nSPS) is 17.1. The zero-order valence-electron chi connectivity index (χ0n) is 13.9. The summed E-state index contributed by atoms with van der Waals surface area (Å²) in [5, 5.41) is 9.16. The Morgan fingerprint density at radius 2 is 1.88 bits per heavy atom. The second kappa shape index (κ2) is 6.91. The molecule has 1 saturated heterocycles. The van der Waals surface area contributed by atoms with Crippen LogP contribution in [0.5, 0.6) is 0 Å². The summed E-state index contributed by atoms with van der Waals surface area (Å²) in [5.41, 5.74) is -0.0284. The molecule has 1 fully saturated rings. The van der Waals surface area contributed by atoms with Gasteiger partial charge < -0.3 is 5.11 Å². The molecular weight excluding hydrogens is 349 g/mol. The van der Waals surface area contributed by atoms with Crippen molar-refractivity contribution >= 4 is 11.9 Å². The van der Waals surface area contributed by atoms with Gasteiger partial charge in [0.1, 0.15) is 19.6 Å². The van der Waals surface area contributed by atoms with Gasteiger partial charge in [-0.25, -0.2) is 9.78 Å². The first-order valence-electron chi connectivity index (χ1n) is 8.08. The Labute approximate surface area is 148 Å². The van der Waals surface area contributed by atoms with Crippen molar-refractivity contribution in [1.82, 2.24) is 19.4 Å². The van der Waals surface area contributed by atoms with Gasteiger partial charge in [0.2, 0.25) is 5.82 Å². The van der Waals surface area contributed by atoms with E-state index < -0.39 is 17.8 Å². The van der Waals surface area contributed by atoms with Crippen LogP contribution in [-0.4, -0.2) is 52.2 Å². The molecule has 3 heterocycles.